The van der Waals surface area contributed by atoms with Gasteiger partial charge in [-0.05, 0) is 31.0 Å². The molecule has 0 amide bonds. The zero-order valence-electron chi connectivity index (χ0n) is 12.8. The molecule has 0 saturated heterocycles. The molecule has 1 aromatic carbocycles. The molecule has 6 nitrogen and oxygen atoms in total. The van der Waals surface area contributed by atoms with Crippen molar-refractivity contribution in [2.24, 2.45) is 5.73 Å². The molecule has 2 N–H and O–H groups in total. The van der Waals surface area contributed by atoms with Crippen LogP contribution in [0.2, 0.25) is 0 Å². The van der Waals surface area contributed by atoms with Crippen LogP contribution >= 0.6 is 0 Å². The van der Waals surface area contributed by atoms with Crippen LogP contribution in [0, 0.1) is 5.82 Å². The maximum Gasteiger partial charge on any atom is 0.261 e. The van der Waals surface area contributed by atoms with Gasteiger partial charge in [-0.2, -0.15) is 4.98 Å². The van der Waals surface area contributed by atoms with Crippen molar-refractivity contribution < 1.29 is 17.3 Å². The minimum atomic E-state index is -3.45. The Kier molecular flexibility index (Phi) is 3.97. The highest BCUT2D eigenvalue weighted by atomic mass is 32.2. The number of nitrogens with zero attached hydrogens (tertiary/aromatic N) is 2. The summed E-state index contributed by atoms with van der Waals surface area (Å²) in [7, 11) is -3.45. The zero-order chi connectivity index (χ0) is 16.7. The highest BCUT2D eigenvalue weighted by Gasteiger charge is 2.36. The summed E-state index contributed by atoms with van der Waals surface area (Å²) < 4.78 is 43.1. The lowest BCUT2D eigenvalue weighted by molar-refractivity contribution is 0.372. The maximum atomic E-state index is 14.1. The second-order valence-electron chi connectivity index (χ2n) is 5.83. The van der Waals surface area contributed by atoms with Crippen molar-refractivity contribution in [3.63, 3.8) is 0 Å². The smallest absolute Gasteiger partial charge is 0.261 e. The van der Waals surface area contributed by atoms with E-state index in [-0.39, 0.29) is 22.1 Å². The molecule has 23 heavy (non-hydrogen) atoms. The first-order chi connectivity index (χ1) is 10.9. The van der Waals surface area contributed by atoms with E-state index in [1.165, 1.54) is 19.1 Å². The van der Waals surface area contributed by atoms with E-state index in [0.29, 0.717) is 5.82 Å². The average molecular weight is 339 g/mol. The van der Waals surface area contributed by atoms with E-state index < -0.39 is 21.2 Å². The van der Waals surface area contributed by atoms with Gasteiger partial charge >= 0.3 is 0 Å². The summed E-state index contributed by atoms with van der Waals surface area (Å²) in [5.74, 6) is -0.401. The summed E-state index contributed by atoms with van der Waals surface area (Å²) in [5.41, 5.74) is 5.58. The summed E-state index contributed by atoms with van der Waals surface area (Å²) in [5, 5.41) is 3.87. The number of hydrogen-bond acceptors (Lipinski definition) is 6. The fraction of sp³-hybridized carbons (Fsp3) is 0.467. The van der Waals surface area contributed by atoms with Crippen LogP contribution in [0.4, 0.5) is 4.39 Å². The molecule has 2 aromatic rings. The molecule has 0 radical (unpaired) electrons. The first-order valence-electron chi connectivity index (χ1n) is 7.51. The minimum absolute atomic E-state index is 0.0273. The van der Waals surface area contributed by atoms with E-state index in [1.807, 2.05) is 0 Å². The molecule has 1 aliphatic carbocycles. The fourth-order valence-corrected chi connectivity index (χ4v) is 3.70. The van der Waals surface area contributed by atoms with Crippen molar-refractivity contribution in [2.75, 3.05) is 5.75 Å². The van der Waals surface area contributed by atoms with Crippen molar-refractivity contribution in [3.05, 3.63) is 29.8 Å². The maximum absolute atomic E-state index is 14.1. The molecule has 0 spiro atoms. The van der Waals surface area contributed by atoms with E-state index in [4.69, 9.17) is 10.3 Å². The molecule has 1 aromatic heterocycles. The molecule has 0 unspecified atom stereocenters. The van der Waals surface area contributed by atoms with Crippen LogP contribution in [0.1, 0.15) is 38.4 Å². The topological polar surface area (TPSA) is 99.1 Å². The Bertz CT molecular complexity index is 826. The summed E-state index contributed by atoms with van der Waals surface area (Å²) in [6.07, 6.45) is 3.47. The molecular weight excluding hydrogens is 321 g/mol. The van der Waals surface area contributed by atoms with Crippen LogP contribution in [0.25, 0.3) is 11.5 Å². The van der Waals surface area contributed by atoms with Crippen LogP contribution in [0.15, 0.2) is 27.6 Å². The van der Waals surface area contributed by atoms with Gasteiger partial charge in [0.25, 0.3) is 5.89 Å². The first-order valence-corrected chi connectivity index (χ1v) is 9.17. The third-order valence-electron chi connectivity index (χ3n) is 4.27. The molecule has 1 aliphatic rings. The van der Waals surface area contributed by atoms with Crippen LogP contribution in [0.3, 0.4) is 0 Å². The monoisotopic (exact) mass is 339 g/mol. The van der Waals surface area contributed by atoms with Gasteiger partial charge in [0.05, 0.1) is 21.8 Å². The third kappa shape index (κ3) is 2.88. The van der Waals surface area contributed by atoms with Gasteiger partial charge < -0.3 is 10.3 Å². The predicted octanol–water partition coefficient (Wildman–Crippen LogP) is 2.40. The van der Waals surface area contributed by atoms with Crippen LogP contribution < -0.4 is 5.73 Å². The molecular formula is C15H18FN3O3S. The molecule has 0 aliphatic heterocycles. The van der Waals surface area contributed by atoms with E-state index in [1.54, 1.807) is 0 Å². The Hall–Kier alpha value is -1.80. The third-order valence-corrected chi connectivity index (χ3v) is 6.01. The van der Waals surface area contributed by atoms with Crippen LogP contribution in [-0.4, -0.2) is 24.3 Å². The normalized spacial score (nSPS) is 17.5. The Labute approximate surface area is 133 Å². The van der Waals surface area contributed by atoms with Gasteiger partial charge in [-0.15, -0.1) is 0 Å². The molecule has 124 valence electrons. The fourth-order valence-electron chi connectivity index (χ4n) is 2.79. The standard InChI is InChI=1S/C15H18FN3O3S/c1-2-23(20,21)10-5-6-12(16)11(9-10)13-18-14(19-22-13)15(17)7-3-4-8-15/h5-6,9H,2-4,7-8,17H2,1H3. The van der Waals surface area contributed by atoms with Crippen molar-refractivity contribution in [1.82, 2.24) is 10.1 Å². The molecule has 8 heteroatoms. The number of benzene rings is 1. The van der Waals surface area contributed by atoms with Gasteiger partial charge in [-0.1, -0.05) is 24.9 Å². The first kappa shape index (κ1) is 16.1. The van der Waals surface area contributed by atoms with E-state index in [0.717, 1.165) is 31.7 Å². The van der Waals surface area contributed by atoms with Gasteiger partial charge in [0, 0.05) is 0 Å². The summed E-state index contributed by atoms with van der Waals surface area (Å²) in [6.45, 7) is 1.53. The lowest BCUT2D eigenvalue weighted by Gasteiger charge is -2.17. The minimum Gasteiger partial charge on any atom is -0.334 e. The van der Waals surface area contributed by atoms with E-state index in [2.05, 4.69) is 10.1 Å². The van der Waals surface area contributed by atoms with Crippen molar-refractivity contribution in [1.29, 1.82) is 0 Å². The second kappa shape index (κ2) is 5.68. The number of sulfone groups is 1. The molecule has 0 bridgehead atoms. The quantitative estimate of drug-likeness (QED) is 0.859. The molecule has 3 rings (SSSR count). The van der Waals surface area contributed by atoms with Crippen molar-refractivity contribution >= 4 is 9.84 Å². The number of hydrogen-bond donors (Lipinski definition) is 1. The lowest BCUT2D eigenvalue weighted by Crippen LogP contribution is -2.34. The molecule has 1 heterocycles. The SMILES string of the molecule is CCS(=O)(=O)c1ccc(F)c(-c2nc(C3(N)CCCC3)no2)c1. The molecule has 1 fully saturated rings. The summed E-state index contributed by atoms with van der Waals surface area (Å²) >= 11 is 0. The average Bonchev–Trinajstić information content (AvgIpc) is 3.17. The number of rotatable bonds is 4. The number of aromatic nitrogens is 2. The Morgan fingerprint density at radius 3 is 2.70 bits per heavy atom. The van der Waals surface area contributed by atoms with E-state index >= 15 is 0 Å². The zero-order valence-corrected chi connectivity index (χ0v) is 13.6. The summed E-state index contributed by atoms with van der Waals surface area (Å²) in [4.78, 5) is 4.23. The Balaban J connectivity index is 2.02. The lowest BCUT2D eigenvalue weighted by atomic mass is 9.99. The van der Waals surface area contributed by atoms with Gasteiger partial charge in [-0.25, -0.2) is 12.8 Å². The molecule has 0 atom stereocenters. The van der Waals surface area contributed by atoms with Gasteiger partial charge in [0.15, 0.2) is 15.7 Å². The van der Waals surface area contributed by atoms with Gasteiger partial charge in [0.1, 0.15) is 5.82 Å². The van der Waals surface area contributed by atoms with Gasteiger partial charge in [0.2, 0.25) is 0 Å². The van der Waals surface area contributed by atoms with Crippen LogP contribution in [0.5, 0.6) is 0 Å². The second-order valence-corrected chi connectivity index (χ2v) is 8.11. The largest absolute Gasteiger partial charge is 0.334 e. The van der Waals surface area contributed by atoms with Crippen LogP contribution in [-0.2, 0) is 15.4 Å². The van der Waals surface area contributed by atoms with Crippen molar-refractivity contribution in [3.8, 4) is 11.5 Å². The Morgan fingerprint density at radius 1 is 1.35 bits per heavy atom. The molecule has 1 saturated carbocycles. The predicted molar refractivity (Wildman–Crippen MR) is 81.8 cm³/mol. The highest BCUT2D eigenvalue weighted by molar-refractivity contribution is 7.91. The highest BCUT2D eigenvalue weighted by Crippen LogP contribution is 2.36. The van der Waals surface area contributed by atoms with Crippen molar-refractivity contribution in [2.45, 2.75) is 43.0 Å². The summed E-state index contributed by atoms with van der Waals surface area (Å²) in [6, 6.07) is 3.55. The van der Waals surface area contributed by atoms with E-state index in [9.17, 15) is 12.8 Å². The number of halogens is 1. The Morgan fingerprint density at radius 2 is 2.04 bits per heavy atom. The number of nitrogens with two attached hydrogens (primary N) is 1. The van der Waals surface area contributed by atoms with Gasteiger partial charge in [-0.3, -0.25) is 0 Å².